The molecule has 0 spiro atoms. The first kappa shape index (κ1) is 18.2. The second-order valence-electron chi connectivity index (χ2n) is 8.34. The Labute approximate surface area is 171 Å². The molecule has 4 saturated carbocycles. The zero-order valence-electron chi connectivity index (χ0n) is 15.3. The van der Waals surface area contributed by atoms with Gasteiger partial charge in [0.2, 0.25) is 5.91 Å². The highest BCUT2D eigenvalue weighted by Crippen LogP contribution is 2.55. The fraction of sp³-hybridized carbons (Fsp3) is 0.579. The summed E-state index contributed by atoms with van der Waals surface area (Å²) in [4.78, 5) is 25.5. The molecular weight excluding hydrogens is 396 g/mol. The lowest BCUT2D eigenvalue weighted by atomic mass is 9.53. The van der Waals surface area contributed by atoms with Gasteiger partial charge in [-0.05, 0) is 67.7 Å². The van der Waals surface area contributed by atoms with Gasteiger partial charge in [-0.2, -0.15) is 0 Å². The van der Waals surface area contributed by atoms with Gasteiger partial charge in [0, 0.05) is 5.54 Å². The van der Waals surface area contributed by atoms with Gasteiger partial charge < -0.3 is 9.73 Å². The minimum absolute atomic E-state index is 0.0559. The van der Waals surface area contributed by atoms with Crippen molar-refractivity contribution in [1.82, 2.24) is 20.8 Å². The molecule has 0 atom stereocenters. The van der Waals surface area contributed by atoms with E-state index in [9.17, 15) is 9.59 Å². The first-order chi connectivity index (χ1) is 13.6. The predicted octanol–water partition coefficient (Wildman–Crippen LogP) is 3.68. The monoisotopic (exact) mass is 418 g/mol. The lowest BCUT2D eigenvalue weighted by Crippen LogP contribution is -2.61. The van der Waals surface area contributed by atoms with Gasteiger partial charge in [-0.1, -0.05) is 17.8 Å². The summed E-state index contributed by atoms with van der Waals surface area (Å²) < 4.78 is 5.54. The predicted molar refractivity (Wildman–Crippen MR) is 106 cm³/mol. The van der Waals surface area contributed by atoms with Gasteiger partial charge in [0.25, 0.3) is 11.1 Å². The van der Waals surface area contributed by atoms with Crippen molar-refractivity contribution >= 4 is 35.0 Å². The van der Waals surface area contributed by atoms with Gasteiger partial charge in [0.15, 0.2) is 0 Å². The maximum atomic E-state index is 12.4. The van der Waals surface area contributed by atoms with Gasteiger partial charge >= 0.3 is 6.03 Å². The first-order valence-electron chi connectivity index (χ1n) is 9.69. The molecule has 6 rings (SSSR count). The molecule has 0 saturated heterocycles. The SMILES string of the molecule is O=C(CSc1nnc(-c2cccs2)o1)NC(=O)NC12CC3CC(CC(C3)C1)C2. The molecule has 2 aromatic rings. The number of nitrogens with zero attached hydrogens (tertiary/aromatic N) is 2. The Morgan fingerprint density at radius 1 is 1.18 bits per heavy atom. The van der Waals surface area contributed by atoms with E-state index in [0.29, 0.717) is 11.1 Å². The Kier molecular flexibility index (Phi) is 4.66. The van der Waals surface area contributed by atoms with Crippen molar-refractivity contribution < 1.29 is 14.0 Å². The van der Waals surface area contributed by atoms with Gasteiger partial charge in [0.1, 0.15) is 0 Å². The summed E-state index contributed by atoms with van der Waals surface area (Å²) in [6.45, 7) is 0. The molecule has 0 aliphatic heterocycles. The van der Waals surface area contributed by atoms with E-state index in [1.807, 2.05) is 17.5 Å². The summed E-state index contributed by atoms with van der Waals surface area (Å²) in [6.07, 6.45) is 7.12. The Morgan fingerprint density at radius 2 is 1.89 bits per heavy atom. The summed E-state index contributed by atoms with van der Waals surface area (Å²) in [5.41, 5.74) is -0.103. The number of thioether (sulfide) groups is 1. The number of nitrogens with one attached hydrogen (secondary N) is 2. The molecule has 2 aromatic heterocycles. The van der Waals surface area contributed by atoms with Crippen molar-refractivity contribution in [2.75, 3.05) is 5.75 Å². The van der Waals surface area contributed by atoms with E-state index in [0.717, 1.165) is 53.7 Å². The number of carbonyl (C=O) groups excluding carboxylic acids is 2. The highest BCUT2D eigenvalue weighted by atomic mass is 32.2. The summed E-state index contributed by atoms with van der Waals surface area (Å²) in [5, 5.41) is 15.8. The van der Waals surface area contributed by atoms with E-state index in [-0.39, 0.29) is 23.2 Å². The Balaban J connectivity index is 1.12. The van der Waals surface area contributed by atoms with Crippen molar-refractivity contribution in [2.45, 2.75) is 49.3 Å². The first-order valence-corrected chi connectivity index (χ1v) is 11.6. The quantitative estimate of drug-likeness (QED) is 0.719. The number of aromatic nitrogens is 2. The minimum atomic E-state index is -0.377. The third-order valence-electron chi connectivity index (χ3n) is 6.14. The van der Waals surface area contributed by atoms with Gasteiger partial charge in [-0.25, -0.2) is 4.79 Å². The maximum Gasteiger partial charge on any atom is 0.321 e. The largest absolute Gasteiger partial charge is 0.410 e. The van der Waals surface area contributed by atoms with E-state index in [2.05, 4.69) is 20.8 Å². The molecular formula is C19H22N4O3S2. The molecule has 4 bridgehead atoms. The molecule has 4 aliphatic rings. The average Bonchev–Trinajstić information content (AvgIpc) is 3.30. The summed E-state index contributed by atoms with van der Waals surface area (Å²) >= 11 is 2.64. The van der Waals surface area contributed by atoms with Crippen molar-refractivity contribution in [3.05, 3.63) is 17.5 Å². The topological polar surface area (TPSA) is 97.1 Å². The number of hydrogen-bond acceptors (Lipinski definition) is 7. The molecule has 2 heterocycles. The van der Waals surface area contributed by atoms with Crippen LogP contribution >= 0.6 is 23.1 Å². The van der Waals surface area contributed by atoms with Crippen LogP contribution in [0.4, 0.5) is 4.79 Å². The van der Waals surface area contributed by atoms with Crippen molar-refractivity contribution in [3.63, 3.8) is 0 Å². The smallest absolute Gasteiger partial charge is 0.321 e. The Morgan fingerprint density at radius 3 is 2.54 bits per heavy atom. The van der Waals surface area contributed by atoms with E-state index in [4.69, 9.17) is 4.42 Å². The third kappa shape index (κ3) is 3.69. The highest BCUT2D eigenvalue weighted by Gasteiger charge is 2.51. The van der Waals surface area contributed by atoms with Crippen LogP contribution in [-0.2, 0) is 4.79 Å². The van der Waals surface area contributed by atoms with Crippen LogP contribution in [0.1, 0.15) is 38.5 Å². The number of carbonyl (C=O) groups is 2. The van der Waals surface area contributed by atoms with Crippen molar-refractivity contribution in [2.24, 2.45) is 17.8 Å². The molecule has 0 unspecified atom stereocenters. The molecule has 9 heteroatoms. The van der Waals surface area contributed by atoms with E-state index in [1.54, 1.807) is 0 Å². The number of amides is 3. The molecule has 0 aromatic carbocycles. The Bertz CT molecular complexity index is 844. The van der Waals surface area contributed by atoms with Crippen LogP contribution in [0.15, 0.2) is 27.2 Å². The summed E-state index contributed by atoms with van der Waals surface area (Å²) in [7, 11) is 0. The molecule has 2 N–H and O–H groups in total. The van der Waals surface area contributed by atoms with Crippen molar-refractivity contribution in [1.29, 1.82) is 0 Å². The third-order valence-corrected chi connectivity index (χ3v) is 7.81. The average molecular weight is 419 g/mol. The van der Waals surface area contributed by atoms with Crippen LogP contribution in [0.5, 0.6) is 0 Å². The normalized spacial score (nSPS) is 30.4. The lowest BCUT2D eigenvalue weighted by molar-refractivity contribution is -0.117. The molecule has 28 heavy (non-hydrogen) atoms. The highest BCUT2D eigenvalue weighted by molar-refractivity contribution is 7.99. The number of thiophene rings is 1. The molecule has 0 radical (unpaired) electrons. The molecule has 4 aliphatic carbocycles. The van der Waals surface area contributed by atoms with Crippen LogP contribution in [0.3, 0.4) is 0 Å². The minimum Gasteiger partial charge on any atom is -0.410 e. The van der Waals surface area contributed by atoms with E-state index < -0.39 is 0 Å². The summed E-state index contributed by atoms with van der Waals surface area (Å²) in [6, 6.07) is 3.43. The summed E-state index contributed by atoms with van der Waals surface area (Å²) in [5.74, 6) is 2.37. The Hall–Kier alpha value is -1.87. The number of rotatable bonds is 5. The molecule has 4 fully saturated rings. The molecule has 148 valence electrons. The number of urea groups is 1. The molecule has 3 amide bonds. The fourth-order valence-corrected chi connectivity index (χ4v) is 6.80. The maximum absolute atomic E-state index is 12.4. The zero-order chi connectivity index (χ0) is 19.1. The molecule has 7 nitrogen and oxygen atoms in total. The fourth-order valence-electron chi connectivity index (χ4n) is 5.59. The van der Waals surface area contributed by atoms with Gasteiger partial charge in [-0.15, -0.1) is 21.5 Å². The van der Waals surface area contributed by atoms with Crippen LogP contribution < -0.4 is 10.6 Å². The number of hydrogen-bond donors (Lipinski definition) is 2. The second kappa shape index (κ2) is 7.18. The van der Waals surface area contributed by atoms with Crippen LogP contribution in [0.25, 0.3) is 10.8 Å². The van der Waals surface area contributed by atoms with E-state index >= 15 is 0 Å². The van der Waals surface area contributed by atoms with E-state index in [1.165, 1.54) is 30.6 Å². The van der Waals surface area contributed by atoms with Crippen LogP contribution in [0.2, 0.25) is 0 Å². The van der Waals surface area contributed by atoms with Gasteiger partial charge in [-0.3, -0.25) is 10.1 Å². The van der Waals surface area contributed by atoms with Crippen molar-refractivity contribution in [3.8, 4) is 10.8 Å². The van der Waals surface area contributed by atoms with Gasteiger partial charge in [0.05, 0.1) is 10.6 Å². The zero-order valence-corrected chi connectivity index (χ0v) is 17.0. The van der Waals surface area contributed by atoms with Crippen LogP contribution in [-0.4, -0.2) is 33.4 Å². The second-order valence-corrected chi connectivity index (χ2v) is 10.2. The van der Waals surface area contributed by atoms with Crippen LogP contribution in [0, 0.1) is 17.8 Å². The lowest BCUT2D eigenvalue weighted by Gasteiger charge is -2.56. The number of imide groups is 1. The standard InChI is InChI=1S/C19H22N4O3S2/c24-15(10-28-18-23-22-16(26-18)14-2-1-3-27-14)20-17(25)21-19-7-11-4-12(8-19)6-13(5-11)9-19/h1-3,11-13H,4-10H2,(H2,20,21,24,25).